The first-order chi connectivity index (χ1) is 15.9. The summed E-state index contributed by atoms with van der Waals surface area (Å²) in [5.41, 5.74) is 1.38. The first kappa shape index (κ1) is 22.9. The number of thioether (sulfide) groups is 1. The van der Waals surface area contributed by atoms with Crippen LogP contribution in [0.15, 0.2) is 51.0 Å². The Bertz CT molecular complexity index is 1360. The number of nitrogens with one attached hydrogen (secondary N) is 1. The molecule has 1 N–H and O–H groups in total. The number of benzene rings is 1. The van der Waals surface area contributed by atoms with Gasteiger partial charge in [0.15, 0.2) is 16.7 Å². The van der Waals surface area contributed by atoms with E-state index in [0.717, 1.165) is 10.4 Å². The van der Waals surface area contributed by atoms with Gasteiger partial charge in [-0.15, -0.1) is 11.3 Å². The number of methoxy groups -OCH3 is 2. The molecule has 8 nitrogen and oxygen atoms in total. The number of amides is 1. The molecule has 0 spiro atoms. The van der Waals surface area contributed by atoms with Crippen molar-refractivity contribution in [2.45, 2.75) is 25.5 Å². The Hall–Kier alpha value is -3.24. The normalized spacial score (nSPS) is 11.0. The molecule has 0 saturated heterocycles. The van der Waals surface area contributed by atoms with E-state index in [4.69, 9.17) is 18.9 Å². The lowest BCUT2D eigenvalue weighted by molar-refractivity contribution is -0.113. The largest absolute Gasteiger partial charge is 0.493 e. The average molecular weight is 486 g/mol. The molecule has 4 rings (SSSR count). The molecule has 0 aliphatic carbocycles. The van der Waals surface area contributed by atoms with Crippen LogP contribution in [0.1, 0.15) is 16.2 Å². The van der Waals surface area contributed by atoms with Gasteiger partial charge >= 0.3 is 0 Å². The van der Waals surface area contributed by atoms with E-state index in [-0.39, 0.29) is 23.8 Å². The molecule has 33 heavy (non-hydrogen) atoms. The van der Waals surface area contributed by atoms with Crippen LogP contribution in [0.4, 0.5) is 5.69 Å². The number of thiophene rings is 1. The minimum atomic E-state index is -0.232. The molecule has 0 fully saturated rings. The standard InChI is InChI=1S/C23H23N3O5S2/c1-13-14(2)33-21-20(13)22(28)26(11-16-6-5-9-31-16)23(25-21)32-12-19(27)24-15-7-8-17(29-3)18(10-15)30-4/h5-10H,11-12H2,1-4H3,(H,24,27). The number of carbonyl (C=O) groups is 1. The smallest absolute Gasteiger partial charge is 0.263 e. The number of nitrogens with zero attached hydrogens (tertiary/aromatic N) is 2. The highest BCUT2D eigenvalue weighted by atomic mass is 32.2. The predicted molar refractivity (Wildman–Crippen MR) is 130 cm³/mol. The third kappa shape index (κ3) is 4.76. The summed E-state index contributed by atoms with van der Waals surface area (Å²) >= 11 is 2.69. The SMILES string of the molecule is COc1ccc(NC(=O)CSc2nc3sc(C)c(C)c3c(=O)n2Cc2ccco2)cc1OC. The molecule has 10 heteroatoms. The minimum Gasteiger partial charge on any atom is -0.493 e. The first-order valence-corrected chi connectivity index (χ1v) is 11.9. The van der Waals surface area contributed by atoms with E-state index in [1.54, 1.807) is 48.3 Å². The van der Waals surface area contributed by atoms with Gasteiger partial charge in [-0.2, -0.15) is 0 Å². The van der Waals surface area contributed by atoms with Crippen LogP contribution in [0, 0.1) is 13.8 Å². The van der Waals surface area contributed by atoms with Gasteiger partial charge < -0.3 is 19.2 Å². The third-order valence-electron chi connectivity index (χ3n) is 5.15. The van der Waals surface area contributed by atoms with E-state index in [2.05, 4.69) is 5.32 Å². The fourth-order valence-electron chi connectivity index (χ4n) is 3.36. The molecule has 0 bridgehead atoms. The number of fused-ring (bicyclic) bond motifs is 1. The van der Waals surface area contributed by atoms with Crippen molar-refractivity contribution in [2.75, 3.05) is 25.3 Å². The van der Waals surface area contributed by atoms with Crippen LogP contribution in [-0.4, -0.2) is 35.4 Å². The average Bonchev–Trinajstić information content (AvgIpc) is 3.42. The monoisotopic (exact) mass is 485 g/mol. The van der Waals surface area contributed by atoms with Crippen molar-refractivity contribution in [1.82, 2.24) is 9.55 Å². The highest BCUT2D eigenvalue weighted by Crippen LogP contribution is 2.31. The van der Waals surface area contributed by atoms with Crippen molar-refractivity contribution in [2.24, 2.45) is 0 Å². The van der Waals surface area contributed by atoms with E-state index in [1.807, 2.05) is 13.8 Å². The van der Waals surface area contributed by atoms with Crippen molar-refractivity contribution >= 4 is 44.9 Å². The Kier molecular flexibility index (Phi) is 6.75. The molecule has 0 radical (unpaired) electrons. The van der Waals surface area contributed by atoms with Crippen LogP contribution < -0.4 is 20.3 Å². The number of hydrogen-bond donors (Lipinski definition) is 1. The second-order valence-corrected chi connectivity index (χ2v) is 9.38. The fraction of sp³-hybridized carbons (Fsp3) is 0.261. The highest BCUT2D eigenvalue weighted by molar-refractivity contribution is 7.99. The van der Waals surface area contributed by atoms with Crippen molar-refractivity contribution in [3.05, 3.63) is 63.1 Å². The van der Waals surface area contributed by atoms with Gasteiger partial charge in [-0.1, -0.05) is 11.8 Å². The second kappa shape index (κ2) is 9.72. The zero-order valence-corrected chi connectivity index (χ0v) is 20.3. The van der Waals surface area contributed by atoms with Crippen molar-refractivity contribution in [1.29, 1.82) is 0 Å². The number of carbonyl (C=O) groups excluding carboxylic acids is 1. The van der Waals surface area contributed by atoms with Gasteiger partial charge in [-0.05, 0) is 43.7 Å². The molecule has 1 aromatic carbocycles. The molecule has 172 valence electrons. The van der Waals surface area contributed by atoms with Crippen LogP contribution in [-0.2, 0) is 11.3 Å². The zero-order chi connectivity index (χ0) is 23.5. The molecule has 0 unspecified atom stereocenters. The summed E-state index contributed by atoms with van der Waals surface area (Å²) < 4.78 is 17.5. The summed E-state index contributed by atoms with van der Waals surface area (Å²) in [6, 6.07) is 8.73. The van der Waals surface area contributed by atoms with Gasteiger partial charge in [0, 0.05) is 16.6 Å². The third-order valence-corrected chi connectivity index (χ3v) is 7.23. The Morgan fingerprint density at radius 1 is 1.21 bits per heavy atom. The Labute approximate surface area is 198 Å². The quantitative estimate of drug-likeness (QED) is 0.291. The van der Waals surface area contributed by atoms with Gasteiger partial charge in [0.25, 0.3) is 5.56 Å². The molecule has 0 aliphatic heterocycles. The van der Waals surface area contributed by atoms with E-state index in [1.165, 1.54) is 30.2 Å². The van der Waals surface area contributed by atoms with E-state index >= 15 is 0 Å². The summed E-state index contributed by atoms with van der Waals surface area (Å²) in [4.78, 5) is 32.4. The number of furan rings is 1. The van der Waals surface area contributed by atoms with E-state index in [0.29, 0.717) is 38.3 Å². The topological polar surface area (TPSA) is 95.6 Å². The molecule has 0 saturated carbocycles. The number of aryl methyl sites for hydroxylation is 2. The van der Waals surface area contributed by atoms with E-state index < -0.39 is 0 Å². The highest BCUT2D eigenvalue weighted by Gasteiger charge is 2.19. The van der Waals surface area contributed by atoms with Crippen LogP contribution in [0.25, 0.3) is 10.2 Å². The maximum atomic E-state index is 13.3. The molecule has 1 amide bonds. The molecule has 0 aliphatic rings. The van der Waals surface area contributed by atoms with Gasteiger partial charge in [0.05, 0.1) is 38.2 Å². The lowest BCUT2D eigenvalue weighted by Gasteiger charge is -2.12. The molecule has 3 aromatic heterocycles. The Balaban J connectivity index is 1.58. The summed E-state index contributed by atoms with van der Waals surface area (Å²) in [6.07, 6.45) is 1.57. The Morgan fingerprint density at radius 2 is 2.00 bits per heavy atom. The number of ether oxygens (including phenoxy) is 2. The summed E-state index contributed by atoms with van der Waals surface area (Å²) in [6.45, 7) is 4.14. The van der Waals surface area contributed by atoms with Crippen molar-refractivity contribution < 1.29 is 18.7 Å². The molecular formula is C23H23N3O5S2. The maximum absolute atomic E-state index is 13.3. The van der Waals surface area contributed by atoms with Gasteiger partial charge in [0.1, 0.15) is 10.6 Å². The minimum absolute atomic E-state index is 0.0772. The van der Waals surface area contributed by atoms with Crippen LogP contribution in [0.3, 0.4) is 0 Å². The van der Waals surface area contributed by atoms with Crippen molar-refractivity contribution in [3.63, 3.8) is 0 Å². The summed E-state index contributed by atoms with van der Waals surface area (Å²) in [5, 5.41) is 3.92. The van der Waals surface area contributed by atoms with Gasteiger partial charge in [-0.3, -0.25) is 14.2 Å². The number of hydrogen-bond acceptors (Lipinski definition) is 8. The lowest BCUT2D eigenvalue weighted by Crippen LogP contribution is -2.24. The lowest BCUT2D eigenvalue weighted by atomic mass is 10.2. The summed E-state index contributed by atoms with van der Waals surface area (Å²) in [5.74, 6) is 1.58. The number of aromatic nitrogens is 2. The van der Waals surface area contributed by atoms with Crippen LogP contribution in [0.5, 0.6) is 11.5 Å². The van der Waals surface area contributed by atoms with E-state index in [9.17, 15) is 9.59 Å². The van der Waals surface area contributed by atoms with Crippen LogP contribution in [0.2, 0.25) is 0 Å². The summed E-state index contributed by atoms with van der Waals surface area (Å²) in [7, 11) is 3.09. The molecule has 3 heterocycles. The zero-order valence-electron chi connectivity index (χ0n) is 18.6. The van der Waals surface area contributed by atoms with Crippen LogP contribution >= 0.6 is 23.1 Å². The predicted octanol–water partition coefficient (Wildman–Crippen LogP) is 4.46. The van der Waals surface area contributed by atoms with Gasteiger partial charge in [-0.25, -0.2) is 4.98 Å². The number of rotatable bonds is 8. The Morgan fingerprint density at radius 3 is 2.70 bits per heavy atom. The maximum Gasteiger partial charge on any atom is 0.263 e. The van der Waals surface area contributed by atoms with Gasteiger partial charge in [0.2, 0.25) is 5.91 Å². The number of anilines is 1. The molecule has 4 aromatic rings. The molecule has 0 atom stereocenters. The fourth-order valence-corrected chi connectivity index (χ4v) is 5.23. The van der Waals surface area contributed by atoms with Crippen molar-refractivity contribution in [3.8, 4) is 11.5 Å². The second-order valence-electron chi connectivity index (χ2n) is 7.24. The first-order valence-electron chi connectivity index (χ1n) is 10.1. The molecular weight excluding hydrogens is 462 g/mol.